The Morgan fingerprint density at radius 3 is 2.39 bits per heavy atom. The maximum atomic E-state index is 12.4. The number of nitrogens with zero attached hydrogens (tertiary/aromatic N) is 4. The van der Waals surface area contributed by atoms with Gasteiger partial charge in [-0.1, -0.05) is 17.7 Å². The van der Waals surface area contributed by atoms with E-state index >= 15 is 0 Å². The number of halogens is 1. The highest BCUT2D eigenvalue weighted by Crippen LogP contribution is 2.30. The molecule has 0 fully saturated rings. The number of carbonyl (C=O) groups is 1. The van der Waals surface area contributed by atoms with E-state index in [1.54, 1.807) is 12.1 Å². The van der Waals surface area contributed by atoms with Crippen LogP contribution in [0.2, 0.25) is 5.02 Å². The Balaban J connectivity index is 1.71. The predicted molar refractivity (Wildman–Crippen MR) is 130 cm³/mol. The summed E-state index contributed by atoms with van der Waals surface area (Å²) in [5, 5.41) is 25.5. The van der Waals surface area contributed by atoms with E-state index in [0.717, 1.165) is 18.0 Å². The first-order valence-electron chi connectivity index (χ1n) is 10.2. The van der Waals surface area contributed by atoms with Crippen LogP contribution < -0.4 is 25.6 Å². The van der Waals surface area contributed by atoms with Crippen LogP contribution in [0.1, 0.15) is 15.9 Å². The lowest BCUT2D eigenvalue weighted by atomic mass is 10.1. The molecule has 0 radical (unpaired) electrons. The zero-order valence-electron chi connectivity index (χ0n) is 19.0. The molecule has 1 amide bonds. The second kappa shape index (κ2) is 11.6. The molecule has 3 N–H and O–H groups in total. The van der Waals surface area contributed by atoms with E-state index in [2.05, 4.69) is 26.1 Å². The highest BCUT2D eigenvalue weighted by Gasteiger charge is 2.24. The molecule has 14 nitrogen and oxygen atoms in total. The number of rotatable bonds is 11. The predicted octanol–water partition coefficient (Wildman–Crippen LogP) is 3.38. The molecule has 1 heterocycles. The van der Waals surface area contributed by atoms with Crippen molar-refractivity contribution in [1.29, 1.82) is 0 Å². The molecule has 0 aliphatic carbocycles. The molecule has 0 saturated heterocycles. The van der Waals surface area contributed by atoms with Gasteiger partial charge in [0.15, 0.2) is 11.5 Å². The number of nitrogens with one attached hydrogen (secondary N) is 3. The summed E-state index contributed by atoms with van der Waals surface area (Å²) >= 11 is 5.75. The normalized spacial score (nSPS) is 10.3. The Labute approximate surface area is 208 Å². The van der Waals surface area contributed by atoms with Crippen molar-refractivity contribution < 1.29 is 24.1 Å². The summed E-state index contributed by atoms with van der Waals surface area (Å²) in [6, 6.07) is 8.82. The molecule has 0 atom stereocenters. The van der Waals surface area contributed by atoms with Crippen LogP contribution in [0.4, 0.5) is 23.0 Å². The lowest BCUT2D eigenvalue weighted by Crippen LogP contribution is -2.30. The first-order chi connectivity index (χ1) is 17.2. The highest BCUT2D eigenvalue weighted by atomic mass is 35.5. The summed E-state index contributed by atoms with van der Waals surface area (Å²) < 4.78 is 10.5. The average molecular weight is 518 g/mol. The fourth-order valence-electron chi connectivity index (χ4n) is 3.12. The van der Waals surface area contributed by atoms with Gasteiger partial charge in [-0.25, -0.2) is 9.97 Å². The Hall–Kier alpha value is -4.72. The first kappa shape index (κ1) is 25.9. The van der Waals surface area contributed by atoms with E-state index in [4.69, 9.17) is 21.1 Å². The van der Waals surface area contributed by atoms with Crippen LogP contribution in [-0.2, 0) is 6.42 Å². The van der Waals surface area contributed by atoms with Gasteiger partial charge >= 0.3 is 5.69 Å². The minimum atomic E-state index is -0.800. The standard InChI is InChI=1S/C21H20ClN7O7/c1-35-16-6-3-12(9-17(16)36-2)7-8-23-19-18(29(33)34)20(25-11-24-19)26-27-21(30)13-4-5-14(22)15(10-13)28(31)32/h3-6,9-11H,7-8H2,1-2H3,(H,27,30)(H2,23,24,25,26). The Bertz CT molecular complexity index is 1310. The summed E-state index contributed by atoms with van der Waals surface area (Å²) in [6.45, 7) is 0.285. The molecule has 3 rings (SSSR count). The van der Waals surface area contributed by atoms with Gasteiger partial charge in [-0.2, -0.15) is 0 Å². The third-order valence-electron chi connectivity index (χ3n) is 4.86. The van der Waals surface area contributed by atoms with Crippen LogP contribution in [0.5, 0.6) is 11.5 Å². The minimum Gasteiger partial charge on any atom is -0.493 e. The van der Waals surface area contributed by atoms with Crippen molar-refractivity contribution in [2.24, 2.45) is 0 Å². The first-order valence-corrected chi connectivity index (χ1v) is 10.6. The maximum Gasteiger partial charge on any atom is 0.354 e. The molecule has 0 spiro atoms. The van der Waals surface area contributed by atoms with Crippen molar-refractivity contribution in [1.82, 2.24) is 15.4 Å². The number of nitro benzene ring substituents is 1. The van der Waals surface area contributed by atoms with Crippen LogP contribution >= 0.6 is 11.6 Å². The molecular formula is C21H20ClN7O7. The monoisotopic (exact) mass is 517 g/mol. The van der Waals surface area contributed by atoms with E-state index < -0.39 is 27.1 Å². The summed E-state index contributed by atoms with van der Waals surface area (Å²) in [5.74, 6) is -0.0386. The fourth-order valence-corrected chi connectivity index (χ4v) is 3.30. The summed E-state index contributed by atoms with van der Waals surface area (Å²) in [4.78, 5) is 41.5. The van der Waals surface area contributed by atoms with Crippen LogP contribution in [0, 0.1) is 20.2 Å². The van der Waals surface area contributed by atoms with Crippen molar-refractivity contribution in [3.63, 3.8) is 0 Å². The largest absolute Gasteiger partial charge is 0.493 e. The summed E-state index contributed by atoms with van der Waals surface area (Å²) in [7, 11) is 3.05. The number of hydrazine groups is 1. The van der Waals surface area contributed by atoms with Crippen molar-refractivity contribution in [3.8, 4) is 11.5 Å². The van der Waals surface area contributed by atoms with Gasteiger partial charge in [-0.15, -0.1) is 0 Å². The van der Waals surface area contributed by atoms with Crippen LogP contribution in [0.25, 0.3) is 0 Å². The number of carbonyl (C=O) groups excluding carboxylic acids is 1. The van der Waals surface area contributed by atoms with Gasteiger partial charge < -0.3 is 14.8 Å². The zero-order chi connectivity index (χ0) is 26.2. The molecule has 188 valence electrons. The molecular weight excluding hydrogens is 498 g/mol. The van der Waals surface area contributed by atoms with Crippen LogP contribution in [0.15, 0.2) is 42.7 Å². The second-order valence-corrected chi connectivity index (χ2v) is 7.45. The second-order valence-electron chi connectivity index (χ2n) is 7.05. The van der Waals surface area contributed by atoms with E-state index in [9.17, 15) is 25.0 Å². The number of hydrogen-bond donors (Lipinski definition) is 3. The van der Waals surface area contributed by atoms with Crippen molar-refractivity contribution in [3.05, 3.63) is 79.1 Å². The molecule has 1 aromatic heterocycles. The van der Waals surface area contributed by atoms with Gasteiger partial charge in [0, 0.05) is 18.2 Å². The SMILES string of the molecule is COc1ccc(CCNc2ncnc(NNC(=O)c3ccc(Cl)c([N+](=O)[O-])c3)c2[N+](=O)[O-])cc1OC. The van der Waals surface area contributed by atoms with Gasteiger partial charge in [0.2, 0.25) is 11.6 Å². The van der Waals surface area contributed by atoms with E-state index in [0.29, 0.717) is 17.9 Å². The molecule has 15 heteroatoms. The van der Waals surface area contributed by atoms with Crippen LogP contribution in [-0.4, -0.2) is 46.5 Å². The third kappa shape index (κ3) is 6.04. The number of amides is 1. The van der Waals surface area contributed by atoms with Gasteiger partial charge in [-0.05, 0) is 36.2 Å². The summed E-state index contributed by atoms with van der Waals surface area (Å²) in [5.41, 5.74) is 4.42. The molecule has 0 aliphatic heterocycles. The van der Waals surface area contributed by atoms with Gasteiger partial charge in [-0.3, -0.25) is 35.9 Å². The lowest BCUT2D eigenvalue weighted by molar-refractivity contribution is -0.384. The van der Waals surface area contributed by atoms with Crippen molar-refractivity contribution in [2.75, 3.05) is 31.5 Å². The molecule has 2 aromatic carbocycles. The number of ether oxygens (including phenoxy) is 2. The molecule has 3 aromatic rings. The number of methoxy groups -OCH3 is 2. The third-order valence-corrected chi connectivity index (χ3v) is 5.18. The highest BCUT2D eigenvalue weighted by molar-refractivity contribution is 6.32. The molecule has 36 heavy (non-hydrogen) atoms. The number of nitro groups is 2. The lowest BCUT2D eigenvalue weighted by Gasteiger charge is -2.12. The number of hydrogen-bond acceptors (Lipinski definition) is 11. The molecule has 0 unspecified atom stereocenters. The quantitative estimate of drug-likeness (QED) is 0.250. The number of anilines is 2. The summed E-state index contributed by atoms with van der Waals surface area (Å²) in [6.07, 6.45) is 1.56. The number of benzene rings is 2. The van der Waals surface area contributed by atoms with Gasteiger partial charge in [0.05, 0.1) is 24.1 Å². The van der Waals surface area contributed by atoms with E-state index in [-0.39, 0.29) is 28.8 Å². The Morgan fingerprint density at radius 2 is 1.72 bits per heavy atom. The zero-order valence-corrected chi connectivity index (χ0v) is 19.7. The molecule has 0 bridgehead atoms. The Kier molecular flexibility index (Phi) is 8.35. The smallest absolute Gasteiger partial charge is 0.354 e. The maximum absolute atomic E-state index is 12.4. The average Bonchev–Trinajstić information content (AvgIpc) is 2.87. The number of aromatic nitrogens is 2. The molecule has 0 aliphatic rings. The van der Waals surface area contributed by atoms with Crippen LogP contribution in [0.3, 0.4) is 0 Å². The van der Waals surface area contributed by atoms with Crippen molar-refractivity contribution >= 4 is 40.5 Å². The van der Waals surface area contributed by atoms with Crippen molar-refractivity contribution in [2.45, 2.75) is 6.42 Å². The van der Waals surface area contributed by atoms with E-state index in [1.807, 2.05) is 6.07 Å². The minimum absolute atomic E-state index is 0.0747. The topological polar surface area (TPSA) is 184 Å². The molecule has 0 saturated carbocycles. The fraction of sp³-hybridized carbons (Fsp3) is 0.190. The van der Waals surface area contributed by atoms with Gasteiger partial charge in [0.25, 0.3) is 11.6 Å². The van der Waals surface area contributed by atoms with E-state index in [1.165, 1.54) is 26.4 Å². The Morgan fingerprint density at radius 1 is 1.00 bits per heavy atom. The van der Waals surface area contributed by atoms with Gasteiger partial charge in [0.1, 0.15) is 11.3 Å².